The van der Waals surface area contributed by atoms with Crippen molar-refractivity contribution in [2.45, 2.75) is 0 Å². The van der Waals surface area contributed by atoms with Crippen LogP contribution in [0.2, 0.25) is 0 Å². The normalized spacial score (nSPS) is 12.3. The van der Waals surface area contributed by atoms with E-state index in [0.29, 0.717) is 22.8 Å². The van der Waals surface area contributed by atoms with E-state index in [1.807, 2.05) is 18.2 Å². The van der Waals surface area contributed by atoms with Gasteiger partial charge in [0.2, 0.25) is 0 Å². The quantitative estimate of drug-likeness (QED) is 0.198. The van der Waals surface area contributed by atoms with Crippen molar-refractivity contribution in [2.75, 3.05) is 0 Å². The van der Waals surface area contributed by atoms with Crippen LogP contribution in [0.4, 0.5) is 5.82 Å². The first kappa shape index (κ1) is 21.7. The molecule has 0 aliphatic heterocycles. The van der Waals surface area contributed by atoms with Gasteiger partial charge in [-0.3, -0.25) is 4.57 Å². The van der Waals surface area contributed by atoms with E-state index in [-0.39, 0.29) is 0 Å². The Morgan fingerprint density at radius 3 is 2.17 bits per heavy atom. The number of rotatable bonds is 1. The minimum Gasteiger partial charge on any atom is -0.360 e. The zero-order chi connectivity index (χ0) is 27.5. The summed E-state index contributed by atoms with van der Waals surface area (Å²) in [4.78, 5) is 17.9. The molecule has 0 spiro atoms. The van der Waals surface area contributed by atoms with Gasteiger partial charge in [0.05, 0.1) is 27.6 Å². The minimum absolute atomic E-state index is 0.299. The lowest BCUT2D eigenvalue weighted by atomic mass is 10.0. The molecule has 5 heterocycles. The highest BCUT2D eigenvalue weighted by Gasteiger charge is 2.26. The van der Waals surface area contributed by atoms with Gasteiger partial charge in [-0.25, -0.2) is 4.98 Å². The fourth-order valence-electron chi connectivity index (χ4n) is 7.03. The molecule has 0 bridgehead atoms. The summed E-state index contributed by atoms with van der Waals surface area (Å²) in [5, 5.41) is 10.2. The molecular weight excluding hydrogens is 516 g/mol. The highest BCUT2D eigenvalue weighted by Crippen LogP contribution is 2.47. The average Bonchev–Trinajstić information content (AvgIpc) is 3.67. The molecule has 0 aliphatic rings. The topological polar surface area (TPSA) is 52.4 Å². The summed E-state index contributed by atoms with van der Waals surface area (Å²) < 4.78 is 4.54. The van der Waals surface area contributed by atoms with Crippen molar-refractivity contribution in [3.63, 3.8) is 0 Å². The van der Waals surface area contributed by atoms with Crippen molar-refractivity contribution >= 4 is 87.5 Å². The molecule has 0 unspecified atom stereocenters. The zero-order valence-electron chi connectivity index (χ0n) is 22.1. The Morgan fingerprint density at radius 2 is 1.31 bits per heavy atom. The molecule has 6 heteroatoms. The van der Waals surface area contributed by atoms with E-state index in [0.717, 1.165) is 21.8 Å². The average molecular weight is 535 g/mol. The van der Waals surface area contributed by atoms with Gasteiger partial charge < -0.3 is 9.25 Å². The van der Waals surface area contributed by atoms with Crippen molar-refractivity contribution < 1.29 is 0 Å². The van der Waals surface area contributed by atoms with Crippen molar-refractivity contribution in [2.24, 2.45) is 0 Å². The third kappa shape index (κ3) is 2.56. The number of pyridine rings is 1. The smallest absolute Gasteiger partial charge is 0.333 e. The molecule has 192 valence electrons. The van der Waals surface area contributed by atoms with Crippen LogP contribution in [0.15, 0.2) is 109 Å². The molecular formula is C36H18N6. The largest absolute Gasteiger partial charge is 0.360 e. The SMILES string of the molecule is [C-]#[N+]c1nc(-n2c3ccccc3c3c4c5cc6ccccc6cc5n5c6ccccc6c(cc32)c45)nc2ncccc12. The highest BCUT2D eigenvalue weighted by molar-refractivity contribution is 6.36. The van der Waals surface area contributed by atoms with Crippen LogP contribution in [0.3, 0.4) is 0 Å². The Labute approximate surface area is 237 Å². The molecule has 0 atom stereocenters. The third-order valence-electron chi connectivity index (χ3n) is 8.71. The Kier molecular flexibility index (Phi) is 3.91. The molecule has 0 amide bonds. The van der Waals surface area contributed by atoms with Gasteiger partial charge in [-0.1, -0.05) is 78.3 Å². The summed E-state index contributed by atoms with van der Waals surface area (Å²) in [6, 6.07) is 36.2. The molecule has 0 saturated heterocycles. The molecule has 0 saturated carbocycles. The molecule has 0 aliphatic carbocycles. The van der Waals surface area contributed by atoms with Crippen LogP contribution in [-0.2, 0) is 0 Å². The fraction of sp³-hybridized carbons (Fsp3) is 0. The molecule has 10 rings (SSSR count). The van der Waals surface area contributed by atoms with Crippen molar-refractivity contribution in [3.05, 3.63) is 121 Å². The number of hydrogen-bond acceptors (Lipinski definition) is 3. The third-order valence-corrected chi connectivity index (χ3v) is 8.71. The van der Waals surface area contributed by atoms with Gasteiger partial charge in [-0.2, -0.15) is 4.98 Å². The van der Waals surface area contributed by atoms with Crippen molar-refractivity contribution in [1.29, 1.82) is 0 Å². The molecule has 10 aromatic rings. The molecule has 42 heavy (non-hydrogen) atoms. The van der Waals surface area contributed by atoms with E-state index >= 15 is 0 Å². The van der Waals surface area contributed by atoms with Crippen LogP contribution in [0.25, 0.3) is 92.5 Å². The molecule has 6 nitrogen and oxygen atoms in total. The Hall–Kier alpha value is -6.06. The lowest BCUT2D eigenvalue weighted by Gasteiger charge is -2.06. The minimum atomic E-state index is 0.299. The number of para-hydroxylation sites is 2. The summed E-state index contributed by atoms with van der Waals surface area (Å²) in [6.45, 7) is 7.86. The molecule has 0 fully saturated rings. The molecule has 0 N–H and O–H groups in total. The number of hydrogen-bond donors (Lipinski definition) is 0. The van der Waals surface area contributed by atoms with E-state index in [2.05, 4.69) is 104 Å². The lowest BCUT2D eigenvalue weighted by molar-refractivity contribution is 1.01. The predicted molar refractivity (Wildman–Crippen MR) is 170 cm³/mol. The summed E-state index contributed by atoms with van der Waals surface area (Å²) in [5.74, 6) is 0.749. The van der Waals surface area contributed by atoms with Crippen LogP contribution in [0.1, 0.15) is 0 Å². The highest BCUT2D eigenvalue weighted by atomic mass is 15.2. The van der Waals surface area contributed by atoms with Gasteiger partial charge >= 0.3 is 5.95 Å². The second-order valence-corrected chi connectivity index (χ2v) is 10.8. The maximum Gasteiger partial charge on any atom is 0.333 e. The van der Waals surface area contributed by atoms with E-state index in [9.17, 15) is 0 Å². The van der Waals surface area contributed by atoms with Crippen molar-refractivity contribution in [1.82, 2.24) is 23.9 Å². The zero-order valence-corrected chi connectivity index (χ0v) is 22.1. The maximum atomic E-state index is 7.86. The fourth-order valence-corrected chi connectivity index (χ4v) is 7.03. The summed E-state index contributed by atoms with van der Waals surface area (Å²) in [6.07, 6.45) is 1.71. The number of benzene rings is 5. The summed E-state index contributed by atoms with van der Waals surface area (Å²) in [5.41, 5.74) is 6.12. The van der Waals surface area contributed by atoms with Gasteiger partial charge in [-0.05, 0) is 47.2 Å². The van der Waals surface area contributed by atoms with Gasteiger partial charge in [0.15, 0.2) is 5.65 Å². The van der Waals surface area contributed by atoms with Crippen LogP contribution < -0.4 is 0 Å². The molecule has 5 aromatic heterocycles. The lowest BCUT2D eigenvalue weighted by Crippen LogP contribution is -2.02. The maximum absolute atomic E-state index is 7.86. The second kappa shape index (κ2) is 7.57. The number of nitrogens with zero attached hydrogens (tertiary/aromatic N) is 6. The van der Waals surface area contributed by atoms with E-state index in [1.54, 1.807) is 6.20 Å². The van der Waals surface area contributed by atoms with Crippen LogP contribution in [-0.4, -0.2) is 23.9 Å². The second-order valence-electron chi connectivity index (χ2n) is 10.8. The number of aromatic nitrogens is 5. The van der Waals surface area contributed by atoms with E-state index < -0.39 is 0 Å². The first-order valence-corrected chi connectivity index (χ1v) is 13.8. The number of fused-ring (bicyclic) bond motifs is 12. The van der Waals surface area contributed by atoms with Crippen LogP contribution >= 0.6 is 0 Å². The first-order chi connectivity index (χ1) is 20.8. The first-order valence-electron chi connectivity index (χ1n) is 13.8. The van der Waals surface area contributed by atoms with Gasteiger partial charge in [-0.15, -0.1) is 0 Å². The van der Waals surface area contributed by atoms with Crippen LogP contribution in [0.5, 0.6) is 0 Å². The Bertz CT molecular complexity index is 2810. The van der Waals surface area contributed by atoms with Crippen molar-refractivity contribution in [3.8, 4) is 5.95 Å². The van der Waals surface area contributed by atoms with Gasteiger partial charge in [0.25, 0.3) is 5.82 Å². The summed E-state index contributed by atoms with van der Waals surface area (Å²) in [7, 11) is 0. The monoisotopic (exact) mass is 534 g/mol. The van der Waals surface area contributed by atoms with Gasteiger partial charge in [0.1, 0.15) is 0 Å². The van der Waals surface area contributed by atoms with Crippen LogP contribution in [0, 0.1) is 6.57 Å². The molecule has 0 radical (unpaired) electrons. The predicted octanol–water partition coefficient (Wildman–Crippen LogP) is 8.98. The standard InChI is InChI=1S/C36H18N6/c1-37-34-24-13-8-16-38-35(24)40-36(39-34)42-28-15-7-5-12-23(28)31-30(42)19-25-22-11-4-6-14-27(22)41-29-18-21-10-3-2-9-20(21)17-26(29)32(31)33(25)41/h2-19H. The Morgan fingerprint density at radius 1 is 0.571 bits per heavy atom. The van der Waals surface area contributed by atoms with E-state index in [4.69, 9.17) is 16.5 Å². The van der Waals surface area contributed by atoms with Gasteiger partial charge in [0, 0.05) is 43.9 Å². The molecule has 5 aromatic carbocycles. The van der Waals surface area contributed by atoms with E-state index in [1.165, 1.54) is 48.9 Å². The summed E-state index contributed by atoms with van der Waals surface area (Å²) >= 11 is 0. The Balaban J connectivity index is 1.50.